The van der Waals surface area contributed by atoms with Crippen LogP contribution in [0.3, 0.4) is 0 Å². The smallest absolute Gasteiger partial charge is 0.251 e. The van der Waals surface area contributed by atoms with E-state index in [1.165, 1.54) is 0 Å². The summed E-state index contributed by atoms with van der Waals surface area (Å²) >= 11 is 11.6. The Labute approximate surface area is 145 Å². The summed E-state index contributed by atoms with van der Waals surface area (Å²) in [6.45, 7) is 3.61. The zero-order valence-electron chi connectivity index (χ0n) is 12.8. The minimum Gasteiger partial charge on any atom is -0.349 e. The molecule has 0 aliphatic heterocycles. The van der Waals surface area contributed by atoms with Crippen molar-refractivity contribution >= 4 is 34.9 Å². The van der Waals surface area contributed by atoms with Gasteiger partial charge in [0.1, 0.15) is 0 Å². The summed E-state index contributed by atoms with van der Waals surface area (Å²) in [5.74, 6) is -0.622. The highest BCUT2D eigenvalue weighted by molar-refractivity contribution is 6.31. The molecular weight excluding hydrogens is 333 g/mol. The van der Waals surface area contributed by atoms with Crippen molar-refractivity contribution in [2.75, 3.05) is 0 Å². The van der Waals surface area contributed by atoms with Crippen LogP contribution in [0.4, 0.5) is 0 Å². The SMILES string of the molecule is CC(NC(=O)c1ccc(Cl)cc1)C(C)C(=O)c1ccc(Cl)cc1. The van der Waals surface area contributed by atoms with E-state index in [4.69, 9.17) is 23.2 Å². The Morgan fingerprint density at radius 2 is 1.26 bits per heavy atom. The zero-order valence-corrected chi connectivity index (χ0v) is 14.4. The number of hydrogen-bond donors (Lipinski definition) is 1. The van der Waals surface area contributed by atoms with Crippen molar-refractivity contribution in [1.82, 2.24) is 5.32 Å². The predicted molar refractivity (Wildman–Crippen MR) is 93.3 cm³/mol. The number of nitrogens with one attached hydrogen (secondary N) is 1. The van der Waals surface area contributed by atoms with Crippen molar-refractivity contribution < 1.29 is 9.59 Å². The molecule has 2 atom stereocenters. The summed E-state index contributed by atoms with van der Waals surface area (Å²) in [7, 11) is 0. The minimum absolute atomic E-state index is 0.0365. The Bertz CT molecular complexity index is 696. The molecule has 3 nitrogen and oxygen atoms in total. The number of benzene rings is 2. The molecule has 5 heteroatoms. The van der Waals surface area contributed by atoms with Gasteiger partial charge < -0.3 is 5.32 Å². The molecular formula is C18H17Cl2NO2. The number of rotatable bonds is 5. The summed E-state index contributed by atoms with van der Waals surface area (Å²) < 4.78 is 0. The topological polar surface area (TPSA) is 46.2 Å². The van der Waals surface area contributed by atoms with Crippen molar-refractivity contribution in [3.05, 3.63) is 69.7 Å². The molecule has 0 aromatic heterocycles. The second-order valence-electron chi connectivity index (χ2n) is 5.43. The van der Waals surface area contributed by atoms with Crippen LogP contribution in [0.25, 0.3) is 0 Å². The summed E-state index contributed by atoms with van der Waals surface area (Å²) in [5, 5.41) is 4.00. The first-order valence-corrected chi connectivity index (χ1v) is 8.00. The Morgan fingerprint density at radius 3 is 1.74 bits per heavy atom. The van der Waals surface area contributed by atoms with Gasteiger partial charge in [-0.1, -0.05) is 30.1 Å². The maximum atomic E-state index is 12.4. The lowest BCUT2D eigenvalue weighted by molar-refractivity contribution is 0.0868. The largest absolute Gasteiger partial charge is 0.349 e. The highest BCUT2D eigenvalue weighted by Gasteiger charge is 2.23. The first-order chi connectivity index (χ1) is 10.9. The van der Waals surface area contributed by atoms with Crippen molar-refractivity contribution in [2.24, 2.45) is 5.92 Å². The van der Waals surface area contributed by atoms with E-state index < -0.39 is 0 Å². The second kappa shape index (κ2) is 7.62. The number of halogens is 2. The van der Waals surface area contributed by atoms with Crippen molar-refractivity contribution in [3.8, 4) is 0 Å². The molecule has 2 unspecified atom stereocenters. The van der Waals surface area contributed by atoms with E-state index in [9.17, 15) is 9.59 Å². The average Bonchev–Trinajstić information content (AvgIpc) is 2.54. The lowest BCUT2D eigenvalue weighted by Gasteiger charge is -2.20. The van der Waals surface area contributed by atoms with Gasteiger partial charge in [0.2, 0.25) is 0 Å². The molecule has 23 heavy (non-hydrogen) atoms. The van der Waals surface area contributed by atoms with Crippen molar-refractivity contribution in [2.45, 2.75) is 19.9 Å². The van der Waals surface area contributed by atoms with Gasteiger partial charge in [-0.2, -0.15) is 0 Å². The Morgan fingerprint density at radius 1 is 0.826 bits per heavy atom. The molecule has 0 aliphatic rings. The molecule has 0 fully saturated rings. The van der Waals surface area contributed by atoms with Crippen LogP contribution >= 0.6 is 23.2 Å². The zero-order chi connectivity index (χ0) is 17.0. The molecule has 120 valence electrons. The Balaban J connectivity index is 2.02. The molecule has 2 aromatic carbocycles. The predicted octanol–water partition coefficient (Wildman–Crippen LogP) is 4.63. The standard InChI is InChI=1S/C18H17Cl2NO2/c1-11(17(22)13-3-7-15(19)8-4-13)12(2)21-18(23)14-5-9-16(20)10-6-14/h3-12H,1-2H3,(H,21,23). The van der Waals surface area contributed by atoms with Crippen LogP contribution in [0.1, 0.15) is 34.6 Å². The molecule has 0 saturated carbocycles. The average molecular weight is 350 g/mol. The van der Waals surface area contributed by atoms with E-state index in [-0.39, 0.29) is 23.7 Å². The summed E-state index contributed by atoms with van der Waals surface area (Å²) in [4.78, 5) is 24.6. The van der Waals surface area contributed by atoms with E-state index in [0.717, 1.165) is 0 Å². The number of carbonyl (C=O) groups is 2. The number of Topliss-reactive ketones (excluding diaryl/α,β-unsaturated/α-hetero) is 1. The van der Waals surface area contributed by atoms with Crippen molar-refractivity contribution in [3.63, 3.8) is 0 Å². The molecule has 0 saturated heterocycles. The van der Waals surface area contributed by atoms with Gasteiger partial charge in [-0.3, -0.25) is 9.59 Å². The fourth-order valence-electron chi connectivity index (χ4n) is 2.12. The Kier molecular flexibility index (Phi) is 5.80. The molecule has 2 aromatic rings. The third-order valence-corrected chi connectivity index (χ3v) is 4.26. The van der Waals surface area contributed by atoms with Gasteiger partial charge in [-0.05, 0) is 55.5 Å². The van der Waals surface area contributed by atoms with Gasteiger partial charge in [-0.15, -0.1) is 0 Å². The van der Waals surface area contributed by atoms with Crippen LogP contribution in [0.15, 0.2) is 48.5 Å². The third-order valence-electron chi connectivity index (χ3n) is 3.76. The number of amides is 1. The van der Waals surface area contributed by atoms with Gasteiger partial charge in [0.05, 0.1) is 0 Å². The molecule has 2 rings (SSSR count). The van der Waals surface area contributed by atoms with Gasteiger partial charge in [-0.25, -0.2) is 0 Å². The molecule has 0 aliphatic carbocycles. The highest BCUT2D eigenvalue weighted by atomic mass is 35.5. The molecule has 0 radical (unpaired) electrons. The molecule has 0 bridgehead atoms. The lowest BCUT2D eigenvalue weighted by Crippen LogP contribution is -2.40. The van der Waals surface area contributed by atoms with Crippen LogP contribution in [-0.2, 0) is 0 Å². The lowest BCUT2D eigenvalue weighted by atomic mass is 9.93. The van der Waals surface area contributed by atoms with E-state index in [1.54, 1.807) is 55.5 Å². The minimum atomic E-state index is -0.354. The number of ketones is 1. The van der Waals surface area contributed by atoms with Crippen LogP contribution in [-0.4, -0.2) is 17.7 Å². The number of hydrogen-bond acceptors (Lipinski definition) is 2. The summed E-state index contributed by atoms with van der Waals surface area (Å²) in [6, 6.07) is 13.0. The van der Waals surface area contributed by atoms with Crippen LogP contribution in [0.2, 0.25) is 10.0 Å². The molecule has 0 spiro atoms. The molecule has 1 N–H and O–H groups in total. The normalized spacial score (nSPS) is 13.2. The number of carbonyl (C=O) groups excluding carboxylic acids is 2. The maximum absolute atomic E-state index is 12.4. The maximum Gasteiger partial charge on any atom is 0.251 e. The first kappa shape index (κ1) is 17.5. The second-order valence-corrected chi connectivity index (χ2v) is 6.30. The molecule has 1 amide bonds. The third kappa shape index (κ3) is 4.57. The van der Waals surface area contributed by atoms with Gasteiger partial charge in [0.25, 0.3) is 5.91 Å². The van der Waals surface area contributed by atoms with E-state index in [0.29, 0.717) is 21.2 Å². The van der Waals surface area contributed by atoms with E-state index in [1.807, 2.05) is 6.92 Å². The fraction of sp³-hybridized carbons (Fsp3) is 0.222. The van der Waals surface area contributed by atoms with E-state index >= 15 is 0 Å². The van der Waals surface area contributed by atoms with Crippen LogP contribution < -0.4 is 5.32 Å². The first-order valence-electron chi connectivity index (χ1n) is 7.24. The monoisotopic (exact) mass is 349 g/mol. The highest BCUT2D eigenvalue weighted by Crippen LogP contribution is 2.16. The fourth-order valence-corrected chi connectivity index (χ4v) is 2.37. The Hall–Kier alpha value is -1.84. The van der Waals surface area contributed by atoms with Gasteiger partial charge in [0, 0.05) is 33.1 Å². The van der Waals surface area contributed by atoms with E-state index in [2.05, 4.69) is 5.32 Å². The summed E-state index contributed by atoms with van der Waals surface area (Å²) in [6.07, 6.45) is 0. The quantitative estimate of drug-likeness (QED) is 0.799. The van der Waals surface area contributed by atoms with Gasteiger partial charge in [0.15, 0.2) is 5.78 Å². The van der Waals surface area contributed by atoms with Gasteiger partial charge >= 0.3 is 0 Å². The summed E-state index contributed by atoms with van der Waals surface area (Å²) in [5.41, 5.74) is 1.09. The van der Waals surface area contributed by atoms with Crippen LogP contribution in [0.5, 0.6) is 0 Å². The molecule has 0 heterocycles. The van der Waals surface area contributed by atoms with Crippen molar-refractivity contribution in [1.29, 1.82) is 0 Å². The van der Waals surface area contributed by atoms with Crippen LogP contribution in [0, 0.1) is 5.92 Å².